The third-order valence-electron chi connectivity index (χ3n) is 7.50. The maximum Gasteiger partial charge on any atom is 0.270 e. The van der Waals surface area contributed by atoms with Gasteiger partial charge in [-0.05, 0) is 79.7 Å². The zero-order valence-corrected chi connectivity index (χ0v) is 24.1. The molecular weight excluding hydrogens is 556 g/mol. The highest BCUT2D eigenvalue weighted by atomic mass is 32.1. The number of thiocarbonyl (C=S) groups is 1. The molecular formula is C30H32N6O5S. The van der Waals surface area contributed by atoms with Crippen molar-refractivity contribution >= 4 is 51.9 Å². The number of ether oxygens (including phenoxy) is 1. The Labute approximate surface area is 249 Å². The SMILES string of the molecule is COc1ccc(C(=O)N2CCN(c3ccc(NC(=S)NC(=O)c4cc([N+](=O)[O-])ccc4N4CCCC4)cc3)CC2)cc1. The largest absolute Gasteiger partial charge is 0.497 e. The molecule has 0 aromatic heterocycles. The Hall–Kier alpha value is -4.71. The second kappa shape index (κ2) is 12.9. The number of nitro groups is 1. The van der Waals surface area contributed by atoms with Gasteiger partial charge >= 0.3 is 0 Å². The van der Waals surface area contributed by atoms with Gasteiger partial charge in [0.25, 0.3) is 17.5 Å². The predicted molar refractivity (Wildman–Crippen MR) is 166 cm³/mol. The van der Waals surface area contributed by atoms with E-state index in [1.165, 1.54) is 12.1 Å². The maximum atomic E-state index is 13.1. The number of rotatable bonds is 7. The summed E-state index contributed by atoms with van der Waals surface area (Å²) in [6, 6.07) is 19.1. The van der Waals surface area contributed by atoms with Crippen molar-refractivity contribution in [3.8, 4) is 5.75 Å². The van der Waals surface area contributed by atoms with Crippen molar-refractivity contribution in [2.45, 2.75) is 12.8 Å². The molecule has 3 aromatic carbocycles. The number of nitro benzene ring substituents is 1. The fraction of sp³-hybridized carbons (Fsp3) is 0.300. The number of benzene rings is 3. The molecule has 0 unspecified atom stereocenters. The summed E-state index contributed by atoms with van der Waals surface area (Å²) in [6.07, 6.45) is 2.01. The summed E-state index contributed by atoms with van der Waals surface area (Å²) >= 11 is 5.38. The number of amides is 2. The lowest BCUT2D eigenvalue weighted by molar-refractivity contribution is -0.384. The molecule has 218 valence electrons. The van der Waals surface area contributed by atoms with Crippen molar-refractivity contribution < 1.29 is 19.2 Å². The number of nitrogens with one attached hydrogen (secondary N) is 2. The van der Waals surface area contributed by atoms with Crippen LogP contribution in [-0.2, 0) is 0 Å². The van der Waals surface area contributed by atoms with Gasteiger partial charge in [-0.25, -0.2) is 0 Å². The highest BCUT2D eigenvalue weighted by molar-refractivity contribution is 7.80. The van der Waals surface area contributed by atoms with Gasteiger partial charge < -0.3 is 24.8 Å². The molecule has 2 saturated heterocycles. The molecule has 2 heterocycles. The Morgan fingerprint density at radius 2 is 1.55 bits per heavy atom. The lowest BCUT2D eigenvalue weighted by atomic mass is 10.1. The van der Waals surface area contributed by atoms with E-state index in [1.54, 1.807) is 37.4 Å². The van der Waals surface area contributed by atoms with Crippen LogP contribution in [0.1, 0.15) is 33.6 Å². The summed E-state index contributed by atoms with van der Waals surface area (Å²) < 4.78 is 5.17. The number of anilines is 3. The summed E-state index contributed by atoms with van der Waals surface area (Å²) in [7, 11) is 1.60. The third kappa shape index (κ3) is 6.60. The second-order valence-electron chi connectivity index (χ2n) is 10.1. The van der Waals surface area contributed by atoms with Gasteiger partial charge in [0.15, 0.2) is 5.11 Å². The van der Waals surface area contributed by atoms with Gasteiger partial charge in [-0.15, -0.1) is 0 Å². The van der Waals surface area contributed by atoms with Crippen LogP contribution in [0.5, 0.6) is 5.75 Å². The number of methoxy groups -OCH3 is 1. The topological polar surface area (TPSA) is 120 Å². The molecule has 0 saturated carbocycles. The van der Waals surface area contributed by atoms with E-state index >= 15 is 0 Å². The lowest BCUT2D eigenvalue weighted by Crippen LogP contribution is -2.48. The van der Waals surface area contributed by atoms with Gasteiger partial charge in [0.05, 0.1) is 23.3 Å². The molecule has 12 heteroatoms. The number of carbonyl (C=O) groups excluding carboxylic acids is 2. The van der Waals surface area contributed by atoms with E-state index in [4.69, 9.17) is 17.0 Å². The van der Waals surface area contributed by atoms with Crippen LogP contribution in [0.25, 0.3) is 0 Å². The molecule has 11 nitrogen and oxygen atoms in total. The van der Waals surface area contributed by atoms with Gasteiger partial charge in [-0.1, -0.05) is 0 Å². The number of non-ortho nitro benzene ring substituents is 1. The number of hydrogen-bond donors (Lipinski definition) is 2. The molecule has 5 rings (SSSR count). The lowest BCUT2D eigenvalue weighted by Gasteiger charge is -2.36. The molecule has 2 aliphatic heterocycles. The van der Waals surface area contributed by atoms with Crippen LogP contribution >= 0.6 is 12.2 Å². The molecule has 2 N–H and O–H groups in total. The molecule has 3 aromatic rings. The summed E-state index contributed by atoms with van der Waals surface area (Å²) in [5.41, 5.74) is 3.07. The second-order valence-corrected chi connectivity index (χ2v) is 10.5. The van der Waals surface area contributed by atoms with Crippen LogP contribution in [-0.4, -0.2) is 73.1 Å². The Balaban J connectivity index is 1.16. The Kier molecular flexibility index (Phi) is 8.82. The molecule has 0 atom stereocenters. The minimum absolute atomic E-state index is 0.00469. The van der Waals surface area contributed by atoms with Crippen LogP contribution in [0.3, 0.4) is 0 Å². The first-order valence-corrected chi connectivity index (χ1v) is 14.2. The fourth-order valence-electron chi connectivity index (χ4n) is 5.23. The Bertz CT molecular complexity index is 1470. The zero-order valence-electron chi connectivity index (χ0n) is 23.2. The summed E-state index contributed by atoms with van der Waals surface area (Å²) in [6.45, 7) is 4.20. The van der Waals surface area contributed by atoms with Crippen molar-refractivity contribution in [1.82, 2.24) is 10.2 Å². The third-order valence-corrected chi connectivity index (χ3v) is 7.71. The van der Waals surface area contributed by atoms with Crippen molar-refractivity contribution in [3.63, 3.8) is 0 Å². The Morgan fingerprint density at radius 1 is 0.881 bits per heavy atom. The van der Waals surface area contributed by atoms with Crippen molar-refractivity contribution in [3.05, 3.63) is 88.0 Å². The fourth-order valence-corrected chi connectivity index (χ4v) is 5.44. The minimum Gasteiger partial charge on any atom is -0.497 e. The molecule has 0 radical (unpaired) electrons. The normalized spacial score (nSPS) is 14.8. The number of hydrogen-bond acceptors (Lipinski definition) is 8. The molecule has 0 bridgehead atoms. The Morgan fingerprint density at radius 3 is 2.17 bits per heavy atom. The van der Waals surface area contributed by atoms with Crippen molar-refractivity contribution in [1.29, 1.82) is 0 Å². The van der Waals surface area contributed by atoms with E-state index in [1.807, 2.05) is 29.2 Å². The van der Waals surface area contributed by atoms with Crippen molar-refractivity contribution in [2.75, 3.05) is 61.5 Å². The van der Waals surface area contributed by atoms with E-state index in [0.29, 0.717) is 48.9 Å². The van der Waals surface area contributed by atoms with Gasteiger partial charge in [-0.3, -0.25) is 25.0 Å². The standard InChI is InChI=1S/C30H32N6O5S/c1-41-25-11-4-21(5-12-25)29(38)35-18-16-33(17-19-35)23-8-6-22(7-9-23)31-30(42)32-28(37)26-20-24(36(39)40)10-13-27(26)34-14-2-3-15-34/h4-13,20H,2-3,14-19H2,1H3,(H2,31,32,37,42). The first kappa shape index (κ1) is 28.8. The average Bonchev–Trinajstić information content (AvgIpc) is 3.56. The number of piperazine rings is 1. The van der Waals surface area contributed by atoms with Gasteiger partial charge in [-0.2, -0.15) is 0 Å². The monoisotopic (exact) mass is 588 g/mol. The summed E-state index contributed by atoms with van der Waals surface area (Å²) in [5.74, 6) is 0.216. The van der Waals surface area contributed by atoms with Gasteiger partial charge in [0.2, 0.25) is 0 Å². The van der Waals surface area contributed by atoms with Crippen molar-refractivity contribution in [2.24, 2.45) is 0 Å². The highest BCUT2D eigenvalue weighted by Crippen LogP contribution is 2.28. The first-order chi connectivity index (χ1) is 20.3. The molecule has 2 aliphatic rings. The van der Waals surface area contributed by atoms with E-state index in [-0.39, 0.29) is 22.3 Å². The first-order valence-electron chi connectivity index (χ1n) is 13.8. The zero-order chi connectivity index (χ0) is 29.6. The van der Waals surface area contributed by atoms with E-state index in [9.17, 15) is 19.7 Å². The van der Waals surface area contributed by atoms with E-state index < -0.39 is 10.8 Å². The number of carbonyl (C=O) groups is 2. The van der Waals surface area contributed by atoms with Crippen LogP contribution in [0.2, 0.25) is 0 Å². The van der Waals surface area contributed by atoms with Gasteiger partial charge in [0, 0.05) is 68.3 Å². The van der Waals surface area contributed by atoms with E-state index in [2.05, 4.69) is 20.4 Å². The van der Waals surface area contributed by atoms with E-state index in [0.717, 1.165) is 31.6 Å². The summed E-state index contributed by atoms with van der Waals surface area (Å²) in [5, 5.41) is 17.1. The quantitative estimate of drug-likeness (QED) is 0.237. The molecule has 0 spiro atoms. The predicted octanol–water partition coefficient (Wildman–Crippen LogP) is 4.29. The van der Waals surface area contributed by atoms with Gasteiger partial charge in [0.1, 0.15) is 5.75 Å². The van der Waals surface area contributed by atoms with Crippen LogP contribution in [0.4, 0.5) is 22.7 Å². The molecule has 42 heavy (non-hydrogen) atoms. The van der Waals surface area contributed by atoms with Crippen LogP contribution < -0.4 is 25.2 Å². The molecule has 2 fully saturated rings. The number of nitrogens with zero attached hydrogens (tertiary/aromatic N) is 4. The molecule has 2 amide bonds. The molecule has 0 aliphatic carbocycles. The maximum absolute atomic E-state index is 13.1. The smallest absolute Gasteiger partial charge is 0.270 e. The minimum atomic E-state index is -0.513. The highest BCUT2D eigenvalue weighted by Gasteiger charge is 2.24. The summed E-state index contributed by atoms with van der Waals surface area (Å²) in [4.78, 5) is 42.9. The van der Waals surface area contributed by atoms with Crippen LogP contribution in [0, 0.1) is 10.1 Å². The average molecular weight is 589 g/mol. The van der Waals surface area contributed by atoms with Crippen LogP contribution in [0.15, 0.2) is 66.7 Å².